The van der Waals surface area contributed by atoms with Gasteiger partial charge in [0.1, 0.15) is 0 Å². The molecule has 0 spiro atoms. The molecule has 0 fully saturated rings. The molecule has 0 unspecified atom stereocenters. The van der Waals surface area contributed by atoms with Gasteiger partial charge in [0.05, 0.1) is 18.4 Å². The summed E-state index contributed by atoms with van der Waals surface area (Å²) in [6.45, 7) is 3.92. The molecule has 27 heavy (non-hydrogen) atoms. The Hall–Kier alpha value is -2.46. The van der Waals surface area contributed by atoms with Crippen LogP contribution >= 0.6 is 23.1 Å². The third-order valence-electron chi connectivity index (χ3n) is 3.16. The average Bonchev–Trinajstić information content (AvgIpc) is 3.06. The first kappa shape index (κ1) is 20.8. The quantitative estimate of drug-likeness (QED) is 0.392. The predicted molar refractivity (Wildman–Crippen MR) is 105 cm³/mol. The van der Waals surface area contributed by atoms with Crippen LogP contribution in [-0.4, -0.2) is 40.8 Å². The summed E-state index contributed by atoms with van der Waals surface area (Å²) in [5, 5.41) is 13.7. The highest BCUT2D eigenvalue weighted by molar-refractivity contribution is 8.01. The maximum absolute atomic E-state index is 12.0. The normalized spacial score (nSPS) is 10.5. The van der Waals surface area contributed by atoms with Gasteiger partial charge in [0.25, 0.3) is 0 Å². The molecular weight excluding hydrogens is 388 g/mol. The smallest absolute Gasteiger partial charge is 0.337 e. The van der Waals surface area contributed by atoms with Gasteiger partial charge in [-0.05, 0) is 30.2 Å². The lowest BCUT2D eigenvalue weighted by Crippen LogP contribution is -2.14. The van der Waals surface area contributed by atoms with Crippen LogP contribution in [-0.2, 0) is 14.3 Å². The van der Waals surface area contributed by atoms with Crippen LogP contribution in [0.25, 0.3) is 0 Å². The number of hydrogen-bond acceptors (Lipinski definition) is 8. The summed E-state index contributed by atoms with van der Waals surface area (Å²) in [7, 11) is 1.31. The SMILES string of the molecule is COC(=O)c1ccc(NC(=O)CSc2nnc(NC(=O)CC(C)C)s2)cc1. The molecule has 0 atom stereocenters. The fourth-order valence-corrected chi connectivity index (χ4v) is 3.56. The molecule has 1 heterocycles. The second kappa shape index (κ2) is 10.0. The fraction of sp³-hybridized carbons (Fsp3) is 0.353. The van der Waals surface area contributed by atoms with Crippen LogP contribution in [0.1, 0.15) is 30.6 Å². The van der Waals surface area contributed by atoms with Crippen LogP contribution in [0.5, 0.6) is 0 Å². The first-order valence-corrected chi connectivity index (χ1v) is 9.92. The first-order valence-electron chi connectivity index (χ1n) is 8.11. The van der Waals surface area contributed by atoms with Gasteiger partial charge in [-0.25, -0.2) is 4.79 Å². The molecule has 2 N–H and O–H groups in total. The number of thioether (sulfide) groups is 1. The topological polar surface area (TPSA) is 110 Å². The number of hydrogen-bond donors (Lipinski definition) is 2. The number of carbonyl (C=O) groups is 3. The third kappa shape index (κ3) is 6.99. The molecule has 2 aromatic rings. The predicted octanol–water partition coefficient (Wildman–Crippen LogP) is 3.04. The molecule has 0 radical (unpaired) electrons. The standard InChI is InChI=1S/C17H20N4O4S2/c1-10(2)8-13(22)19-16-20-21-17(27-16)26-9-14(23)18-12-6-4-11(5-7-12)15(24)25-3/h4-7,10H,8-9H2,1-3H3,(H,18,23)(H,19,20,22). The van der Waals surface area contributed by atoms with Crippen LogP contribution in [0.15, 0.2) is 28.6 Å². The van der Waals surface area contributed by atoms with E-state index in [2.05, 4.69) is 25.6 Å². The lowest BCUT2D eigenvalue weighted by Gasteiger charge is -2.05. The van der Waals surface area contributed by atoms with Gasteiger partial charge in [-0.3, -0.25) is 9.59 Å². The minimum Gasteiger partial charge on any atom is -0.465 e. The van der Waals surface area contributed by atoms with E-state index in [1.807, 2.05) is 13.8 Å². The summed E-state index contributed by atoms with van der Waals surface area (Å²) in [6.07, 6.45) is 0.416. The number of methoxy groups -OCH3 is 1. The summed E-state index contributed by atoms with van der Waals surface area (Å²) < 4.78 is 5.21. The zero-order chi connectivity index (χ0) is 19.8. The number of carbonyl (C=O) groups excluding carboxylic acids is 3. The van der Waals surface area contributed by atoms with Gasteiger partial charge in [0, 0.05) is 12.1 Å². The highest BCUT2D eigenvalue weighted by atomic mass is 32.2. The first-order chi connectivity index (χ1) is 12.9. The summed E-state index contributed by atoms with van der Waals surface area (Å²) in [4.78, 5) is 35.1. The number of nitrogens with one attached hydrogen (secondary N) is 2. The molecule has 0 aliphatic heterocycles. The summed E-state index contributed by atoms with van der Waals surface area (Å²) >= 11 is 2.45. The third-order valence-corrected chi connectivity index (χ3v) is 5.13. The Morgan fingerprint density at radius 2 is 1.81 bits per heavy atom. The van der Waals surface area contributed by atoms with Crippen molar-refractivity contribution >= 4 is 51.7 Å². The Bertz CT molecular complexity index is 806. The summed E-state index contributed by atoms with van der Waals surface area (Å²) in [6, 6.07) is 6.40. The van der Waals surface area contributed by atoms with Gasteiger partial charge >= 0.3 is 5.97 Å². The van der Waals surface area contributed by atoms with Gasteiger partial charge in [-0.15, -0.1) is 10.2 Å². The van der Waals surface area contributed by atoms with Crippen LogP contribution in [0.4, 0.5) is 10.8 Å². The zero-order valence-corrected chi connectivity index (χ0v) is 16.8. The van der Waals surface area contributed by atoms with Crippen molar-refractivity contribution in [2.24, 2.45) is 5.92 Å². The van der Waals surface area contributed by atoms with E-state index in [0.29, 0.717) is 27.1 Å². The van der Waals surface area contributed by atoms with E-state index in [9.17, 15) is 14.4 Å². The highest BCUT2D eigenvalue weighted by Crippen LogP contribution is 2.25. The number of rotatable bonds is 8. The Labute approximate surface area is 165 Å². The molecular formula is C17H20N4O4S2. The molecule has 0 aliphatic carbocycles. The van der Waals surface area contributed by atoms with Crippen molar-refractivity contribution in [2.45, 2.75) is 24.6 Å². The van der Waals surface area contributed by atoms with Gasteiger partial charge in [-0.1, -0.05) is 36.9 Å². The van der Waals surface area contributed by atoms with E-state index in [4.69, 9.17) is 0 Å². The van der Waals surface area contributed by atoms with E-state index < -0.39 is 5.97 Å². The maximum atomic E-state index is 12.0. The van der Waals surface area contributed by atoms with Crippen molar-refractivity contribution in [1.82, 2.24) is 10.2 Å². The van der Waals surface area contributed by atoms with Crippen molar-refractivity contribution in [1.29, 1.82) is 0 Å². The van der Waals surface area contributed by atoms with Gasteiger partial charge in [0.15, 0.2) is 4.34 Å². The molecule has 1 aromatic heterocycles. The van der Waals surface area contributed by atoms with Crippen LogP contribution in [0.2, 0.25) is 0 Å². The average molecular weight is 409 g/mol. The van der Waals surface area contributed by atoms with E-state index in [0.717, 1.165) is 0 Å². The molecule has 2 rings (SSSR count). The maximum Gasteiger partial charge on any atom is 0.337 e. The van der Waals surface area contributed by atoms with Gasteiger partial charge in [-0.2, -0.15) is 0 Å². The molecule has 8 nitrogen and oxygen atoms in total. The highest BCUT2D eigenvalue weighted by Gasteiger charge is 2.12. The molecule has 144 valence electrons. The number of anilines is 2. The second-order valence-electron chi connectivity index (χ2n) is 5.93. The van der Waals surface area contributed by atoms with Crippen molar-refractivity contribution in [2.75, 3.05) is 23.5 Å². The Kier molecular flexibility index (Phi) is 7.74. The van der Waals surface area contributed by atoms with E-state index in [-0.39, 0.29) is 23.5 Å². The van der Waals surface area contributed by atoms with Crippen LogP contribution in [0.3, 0.4) is 0 Å². The summed E-state index contributed by atoms with van der Waals surface area (Å²) in [5.41, 5.74) is 0.984. The Balaban J connectivity index is 1.80. The van der Waals surface area contributed by atoms with Gasteiger partial charge < -0.3 is 15.4 Å². The zero-order valence-electron chi connectivity index (χ0n) is 15.1. The summed E-state index contributed by atoms with van der Waals surface area (Å²) in [5.74, 6) is -0.349. The van der Waals surface area contributed by atoms with Crippen LogP contribution < -0.4 is 10.6 Å². The lowest BCUT2D eigenvalue weighted by atomic mass is 10.1. The minimum atomic E-state index is -0.434. The van der Waals surface area contributed by atoms with E-state index >= 15 is 0 Å². The number of aromatic nitrogens is 2. The largest absolute Gasteiger partial charge is 0.465 e. The number of esters is 1. The number of amides is 2. The Morgan fingerprint density at radius 1 is 1.11 bits per heavy atom. The molecule has 10 heteroatoms. The molecule has 0 bridgehead atoms. The van der Waals surface area contributed by atoms with Crippen molar-refractivity contribution in [3.05, 3.63) is 29.8 Å². The fourth-order valence-electron chi connectivity index (χ4n) is 1.99. The monoisotopic (exact) mass is 408 g/mol. The van der Waals surface area contributed by atoms with Crippen molar-refractivity contribution in [3.63, 3.8) is 0 Å². The number of nitrogens with zero attached hydrogens (tertiary/aromatic N) is 2. The van der Waals surface area contributed by atoms with Crippen LogP contribution in [0, 0.1) is 5.92 Å². The van der Waals surface area contributed by atoms with Crippen molar-refractivity contribution in [3.8, 4) is 0 Å². The lowest BCUT2D eigenvalue weighted by molar-refractivity contribution is -0.117. The molecule has 0 aliphatic rings. The van der Waals surface area contributed by atoms with E-state index in [1.54, 1.807) is 24.3 Å². The van der Waals surface area contributed by atoms with Gasteiger partial charge in [0.2, 0.25) is 16.9 Å². The second-order valence-corrected chi connectivity index (χ2v) is 8.13. The Morgan fingerprint density at radius 3 is 2.44 bits per heavy atom. The molecule has 2 amide bonds. The molecule has 0 saturated heterocycles. The van der Waals surface area contributed by atoms with Crippen molar-refractivity contribution < 1.29 is 19.1 Å². The van der Waals surface area contributed by atoms with E-state index in [1.165, 1.54) is 30.2 Å². The number of benzene rings is 1. The minimum absolute atomic E-state index is 0.106. The number of ether oxygens (including phenoxy) is 1. The molecule has 0 saturated carbocycles. The molecule has 1 aromatic carbocycles.